The Morgan fingerprint density at radius 1 is 0.488 bits per heavy atom. The second-order valence-corrected chi connectivity index (χ2v) is 11.3. The van der Waals surface area contributed by atoms with E-state index in [4.69, 9.17) is 8.83 Å². The summed E-state index contributed by atoms with van der Waals surface area (Å²) < 4.78 is 14.2. The van der Waals surface area contributed by atoms with Crippen LogP contribution in [0, 0.1) is 0 Å². The maximum Gasteiger partial charge on any atom is 0.128 e. The van der Waals surface area contributed by atoms with Crippen LogP contribution in [0.4, 0.5) is 0 Å². The Kier molecular flexibility index (Phi) is 5.31. The average Bonchev–Trinajstić information content (AvgIpc) is 3.68. The first kappa shape index (κ1) is 24.3. The Morgan fingerprint density at radius 3 is 1.39 bits per heavy atom. The van der Waals surface area contributed by atoms with Gasteiger partial charge in [-0.3, -0.25) is 0 Å². The quantitative estimate of drug-likeness (QED) is 0.226. The number of aryl methyl sites for hydroxylation is 2. The van der Waals surface area contributed by atoms with Crippen molar-refractivity contribution in [2.24, 2.45) is 0 Å². The fourth-order valence-electron chi connectivity index (χ4n) is 7.67. The van der Waals surface area contributed by atoms with Crippen LogP contribution < -0.4 is 0 Å². The van der Waals surface area contributed by atoms with Crippen LogP contribution >= 0.6 is 0 Å². The van der Waals surface area contributed by atoms with Crippen molar-refractivity contribution < 1.29 is 8.83 Å². The lowest BCUT2D eigenvalue weighted by Gasteiger charge is -2.47. The van der Waals surface area contributed by atoms with Crippen molar-refractivity contribution in [2.45, 2.75) is 43.9 Å². The zero-order valence-corrected chi connectivity index (χ0v) is 23.5. The summed E-state index contributed by atoms with van der Waals surface area (Å²) in [7, 11) is 0. The van der Waals surface area contributed by atoms with E-state index in [2.05, 4.69) is 135 Å². The standard InChI is InChI=1S/C39H32O2/c1-3-30-24-34-37(41-30)39(32-21-13-11-15-26(32)23-27-16-12-14-22-33(27)39)35-25-31(4-2)40-36(35)38(34,28-17-7-5-8-18-28)29-19-9-6-10-20-29/h5-22,24-25H,3-4,23H2,1-2H3. The van der Waals surface area contributed by atoms with Crippen molar-refractivity contribution in [3.05, 3.63) is 189 Å². The zero-order chi connectivity index (χ0) is 27.6. The molecule has 0 aliphatic heterocycles. The highest BCUT2D eigenvalue weighted by molar-refractivity contribution is 5.75. The van der Waals surface area contributed by atoms with E-state index in [1.165, 1.54) is 44.5 Å². The molecule has 8 rings (SSSR count). The van der Waals surface area contributed by atoms with Gasteiger partial charge in [-0.2, -0.15) is 0 Å². The van der Waals surface area contributed by atoms with E-state index < -0.39 is 10.8 Å². The Balaban J connectivity index is 1.62. The highest BCUT2D eigenvalue weighted by atomic mass is 16.4. The van der Waals surface area contributed by atoms with Crippen LogP contribution in [0.3, 0.4) is 0 Å². The van der Waals surface area contributed by atoms with Gasteiger partial charge in [0.05, 0.1) is 0 Å². The van der Waals surface area contributed by atoms with E-state index in [0.29, 0.717) is 0 Å². The second kappa shape index (κ2) is 8.97. The Morgan fingerprint density at radius 2 is 0.902 bits per heavy atom. The van der Waals surface area contributed by atoms with E-state index in [1.807, 2.05) is 0 Å². The SMILES string of the molecule is CCc1cc2c(o1)C(c1ccccc1)(c1ccccc1)c1cc(CC)oc1C21c2ccccc2Cc2ccccc21. The molecule has 2 aromatic heterocycles. The normalized spacial score (nSPS) is 15.6. The smallest absolute Gasteiger partial charge is 0.128 e. The molecule has 0 saturated heterocycles. The number of fused-ring (bicyclic) bond motifs is 8. The van der Waals surface area contributed by atoms with Crippen LogP contribution in [0.1, 0.15) is 81.4 Å². The van der Waals surface area contributed by atoms with Gasteiger partial charge in [-0.05, 0) is 51.9 Å². The van der Waals surface area contributed by atoms with Gasteiger partial charge < -0.3 is 8.83 Å². The number of rotatable bonds is 4. The summed E-state index contributed by atoms with van der Waals surface area (Å²) in [6.45, 7) is 4.36. The summed E-state index contributed by atoms with van der Waals surface area (Å²) in [6.07, 6.45) is 2.53. The van der Waals surface area contributed by atoms with E-state index in [9.17, 15) is 0 Å². The fraction of sp³-hybridized carbons (Fsp3) is 0.179. The summed E-state index contributed by atoms with van der Waals surface area (Å²) in [5.41, 5.74) is 8.69. The number of furan rings is 2. The maximum atomic E-state index is 7.12. The first-order chi connectivity index (χ1) is 20.2. The van der Waals surface area contributed by atoms with E-state index >= 15 is 0 Å². The van der Waals surface area contributed by atoms with Crippen LogP contribution in [-0.4, -0.2) is 0 Å². The summed E-state index contributed by atoms with van der Waals surface area (Å²) in [5.74, 6) is 3.99. The van der Waals surface area contributed by atoms with Crippen molar-refractivity contribution in [3.8, 4) is 0 Å². The summed E-state index contributed by atoms with van der Waals surface area (Å²) in [4.78, 5) is 0. The zero-order valence-electron chi connectivity index (χ0n) is 23.5. The van der Waals surface area contributed by atoms with Crippen LogP contribution in [0.5, 0.6) is 0 Å². The van der Waals surface area contributed by atoms with E-state index in [1.54, 1.807) is 0 Å². The molecule has 2 heteroatoms. The van der Waals surface area contributed by atoms with Crippen molar-refractivity contribution in [1.29, 1.82) is 0 Å². The van der Waals surface area contributed by atoms with Crippen LogP contribution in [0.2, 0.25) is 0 Å². The Hall–Kier alpha value is -4.56. The third kappa shape index (κ3) is 3.08. The first-order valence-electron chi connectivity index (χ1n) is 14.8. The summed E-state index contributed by atoms with van der Waals surface area (Å²) in [6, 6.07) is 44.2. The number of hydrogen-bond donors (Lipinski definition) is 0. The maximum absolute atomic E-state index is 7.12. The van der Waals surface area contributed by atoms with Gasteiger partial charge in [-0.15, -0.1) is 0 Å². The molecule has 0 radical (unpaired) electrons. The van der Waals surface area contributed by atoms with Crippen LogP contribution in [0.25, 0.3) is 0 Å². The molecule has 6 aromatic rings. The molecule has 0 bridgehead atoms. The molecule has 2 aliphatic rings. The van der Waals surface area contributed by atoms with Crippen molar-refractivity contribution >= 4 is 0 Å². The minimum Gasteiger partial charge on any atom is -0.464 e. The molecule has 2 nitrogen and oxygen atoms in total. The highest BCUT2D eigenvalue weighted by Gasteiger charge is 2.60. The number of hydrogen-bond acceptors (Lipinski definition) is 2. The fourth-order valence-corrected chi connectivity index (χ4v) is 7.67. The predicted octanol–water partition coefficient (Wildman–Crippen LogP) is 8.98. The Labute approximate surface area is 241 Å². The molecule has 200 valence electrons. The second-order valence-electron chi connectivity index (χ2n) is 11.3. The first-order valence-corrected chi connectivity index (χ1v) is 14.8. The predicted molar refractivity (Wildman–Crippen MR) is 163 cm³/mol. The van der Waals surface area contributed by atoms with Crippen molar-refractivity contribution in [3.63, 3.8) is 0 Å². The van der Waals surface area contributed by atoms with Gasteiger partial charge >= 0.3 is 0 Å². The molecule has 0 atom stereocenters. The van der Waals surface area contributed by atoms with E-state index in [-0.39, 0.29) is 0 Å². The van der Waals surface area contributed by atoms with Crippen LogP contribution in [0.15, 0.2) is 130 Å². The van der Waals surface area contributed by atoms with Crippen LogP contribution in [-0.2, 0) is 30.1 Å². The van der Waals surface area contributed by atoms with E-state index in [0.717, 1.165) is 42.3 Å². The molecule has 4 aromatic carbocycles. The lowest BCUT2D eigenvalue weighted by molar-refractivity contribution is 0.373. The lowest BCUT2D eigenvalue weighted by Crippen LogP contribution is -2.45. The van der Waals surface area contributed by atoms with Gasteiger partial charge in [-0.25, -0.2) is 0 Å². The minimum absolute atomic E-state index is 0.618. The van der Waals surface area contributed by atoms with Gasteiger partial charge in [0.15, 0.2) is 0 Å². The number of benzene rings is 4. The average molecular weight is 533 g/mol. The molecule has 2 heterocycles. The molecule has 0 amide bonds. The molecule has 0 saturated carbocycles. The van der Waals surface area contributed by atoms with Gasteiger partial charge in [-0.1, -0.05) is 123 Å². The Bertz CT molecular complexity index is 1750. The molecular weight excluding hydrogens is 500 g/mol. The summed E-state index contributed by atoms with van der Waals surface area (Å²) >= 11 is 0. The van der Waals surface area contributed by atoms with Crippen molar-refractivity contribution in [2.75, 3.05) is 0 Å². The molecule has 1 spiro atoms. The minimum atomic E-state index is -0.663. The monoisotopic (exact) mass is 532 g/mol. The van der Waals surface area contributed by atoms with Gasteiger partial charge in [0.1, 0.15) is 33.9 Å². The summed E-state index contributed by atoms with van der Waals surface area (Å²) in [5, 5.41) is 0. The molecule has 41 heavy (non-hydrogen) atoms. The lowest BCUT2D eigenvalue weighted by atomic mass is 9.52. The highest BCUT2D eigenvalue weighted by Crippen LogP contribution is 2.63. The third-order valence-corrected chi connectivity index (χ3v) is 9.39. The largest absolute Gasteiger partial charge is 0.464 e. The van der Waals surface area contributed by atoms with Gasteiger partial charge in [0, 0.05) is 24.0 Å². The van der Waals surface area contributed by atoms with Crippen molar-refractivity contribution in [1.82, 2.24) is 0 Å². The third-order valence-electron chi connectivity index (χ3n) is 9.39. The molecular formula is C39H32O2. The topological polar surface area (TPSA) is 26.3 Å². The van der Waals surface area contributed by atoms with Gasteiger partial charge in [0.25, 0.3) is 0 Å². The van der Waals surface area contributed by atoms with Gasteiger partial charge in [0.2, 0.25) is 0 Å². The molecule has 0 unspecified atom stereocenters. The molecule has 0 N–H and O–H groups in total. The molecule has 2 aliphatic carbocycles. The molecule has 0 fully saturated rings.